The minimum absolute atomic E-state index is 0.0161. The summed E-state index contributed by atoms with van der Waals surface area (Å²) in [6.07, 6.45) is 0.294. The first kappa shape index (κ1) is 26.1. The number of hydrogen-bond acceptors (Lipinski definition) is 6. The SMILES string of the molecule is CO/N=C(\COc1ccc(COc2ccc(CCC(O)=[OH+])c(OCC(=O)O)c2)cc1)c1ccccc1. The molecule has 0 aliphatic rings. The Morgan fingerprint density at radius 2 is 1.61 bits per heavy atom. The number of carboxylic acid groups (broad SMARTS) is 2. The fourth-order valence-electron chi connectivity index (χ4n) is 3.25. The van der Waals surface area contributed by atoms with Crippen molar-refractivity contribution < 1.29 is 38.9 Å². The zero-order chi connectivity index (χ0) is 25.8. The predicted molar refractivity (Wildman–Crippen MR) is 134 cm³/mol. The Hall–Kier alpha value is -4.53. The highest BCUT2D eigenvalue weighted by molar-refractivity contribution is 6.01. The lowest BCUT2D eigenvalue weighted by Gasteiger charge is -2.13. The monoisotopic (exact) mass is 494 g/mol. The summed E-state index contributed by atoms with van der Waals surface area (Å²) in [6.45, 7) is -0.0115. The van der Waals surface area contributed by atoms with Crippen molar-refractivity contribution in [2.75, 3.05) is 20.3 Å². The fraction of sp³-hybridized carbons (Fsp3) is 0.222. The number of hydrogen-bond donors (Lipinski definition) is 2. The molecule has 36 heavy (non-hydrogen) atoms. The summed E-state index contributed by atoms with van der Waals surface area (Å²) >= 11 is 0. The second-order valence-corrected chi connectivity index (χ2v) is 7.68. The van der Waals surface area contributed by atoms with Crippen LogP contribution in [0.2, 0.25) is 0 Å². The summed E-state index contributed by atoms with van der Waals surface area (Å²) in [6, 6.07) is 22.1. The van der Waals surface area contributed by atoms with Crippen molar-refractivity contribution >= 4 is 17.7 Å². The Bertz CT molecular complexity index is 1180. The Kier molecular flexibility index (Phi) is 9.69. The molecule has 0 aromatic heterocycles. The standard InChI is InChI=1S/C27H27NO8/c1-33-28-24(20-5-3-2-4-6-20)17-35-22-11-7-19(8-12-22)16-34-23-13-9-21(10-14-26(29)30)25(15-23)36-18-27(31)32/h2-9,11-13,15H,10,14,16-18H2,1H3,(H,29,30)(H,31,32)/p+1/b28-24+. The van der Waals surface area contributed by atoms with Crippen LogP contribution in [-0.4, -0.2) is 53.0 Å². The van der Waals surface area contributed by atoms with Crippen LogP contribution >= 0.6 is 0 Å². The predicted octanol–water partition coefficient (Wildman–Crippen LogP) is 4.15. The number of carbonyl (C=O) groups is 1. The van der Waals surface area contributed by atoms with Gasteiger partial charge in [0.1, 0.15) is 49.7 Å². The number of rotatable bonds is 14. The van der Waals surface area contributed by atoms with E-state index in [-0.39, 0.29) is 26.1 Å². The zero-order valence-electron chi connectivity index (χ0n) is 19.8. The first-order valence-electron chi connectivity index (χ1n) is 11.2. The molecule has 0 atom stereocenters. The van der Waals surface area contributed by atoms with Crippen molar-refractivity contribution in [2.24, 2.45) is 5.16 Å². The second-order valence-electron chi connectivity index (χ2n) is 7.68. The lowest BCUT2D eigenvalue weighted by Crippen LogP contribution is -2.13. The van der Waals surface area contributed by atoms with Gasteiger partial charge in [0.15, 0.2) is 6.61 Å². The van der Waals surface area contributed by atoms with E-state index in [2.05, 4.69) is 5.16 Å². The molecule has 0 spiro atoms. The molecule has 0 radical (unpaired) electrons. The van der Waals surface area contributed by atoms with Crippen LogP contribution in [0, 0.1) is 0 Å². The summed E-state index contributed by atoms with van der Waals surface area (Å²) in [5.74, 6) is -0.354. The van der Waals surface area contributed by atoms with E-state index in [1.54, 1.807) is 18.2 Å². The molecule has 0 aliphatic heterocycles. The largest absolute Gasteiger partial charge is 0.489 e. The molecule has 9 heteroatoms. The lowest BCUT2D eigenvalue weighted by molar-refractivity contribution is -0.139. The molecular formula is C27H28NO8+. The van der Waals surface area contributed by atoms with Crippen LogP contribution in [-0.2, 0) is 22.7 Å². The molecule has 3 N–H and O–H groups in total. The molecular weight excluding hydrogens is 466 g/mol. The summed E-state index contributed by atoms with van der Waals surface area (Å²) in [7, 11) is 1.49. The normalized spacial score (nSPS) is 11.0. The third kappa shape index (κ3) is 8.35. The van der Waals surface area contributed by atoms with Crippen molar-refractivity contribution in [1.29, 1.82) is 0 Å². The molecule has 3 aromatic rings. The number of benzene rings is 3. The average molecular weight is 495 g/mol. The zero-order valence-corrected chi connectivity index (χ0v) is 19.8. The van der Waals surface area contributed by atoms with E-state index in [9.17, 15) is 4.79 Å². The smallest absolute Gasteiger partial charge is 0.480 e. The molecule has 0 amide bonds. The van der Waals surface area contributed by atoms with Gasteiger partial charge in [-0.25, -0.2) is 4.79 Å². The highest BCUT2D eigenvalue weighted by Gasteiger charge is 2.13. The topological polar surface area (TPSA) is 128 Å². The molecule has 0 heterocycles. The number of nitrogens with zero attached hydrogens (tertiary/aromatic N) is 1. The molecule has 0 fully saturated rings. The van der Waals surface area contributed by atoms with Crippen LogP contribution in [0.25, 0.3) is 0 Å². The third-order valence-electron chi connectivity index (χ3n) is 5.02. The van der Waals surface area contributed by atoms with Gasteiger partial charge in [-0.15, -0.1) is 0 Å². The maximum atomic E-state index is 10.9. The van der Waals surface area contributed by atoms with Gasteiger partial charge < -0.3 is 34.1 Å². The van der Waals surface area contributed by atoms with Gasteiger partial charge in [-0.1, -0.05) is 53.7 Å². The van der Waals surface area contributed by atoms with E-state index in [4.69, 9.17) is 34.1 Å². The van der Waals surface area contributed by atoms with Gasteiger partial charge in [-0.2, -0.15) is 0 Å². The van der Waals surface area contributed by atoms with Gasteiger partial charge in [-0.3, -0.25) is 0 Å². The molecule has 9 nitrogen and oxygen atoms in total. The molecule has 0 saturated heterocycles. The van der Waals surface area contributed by atoms with Crippen molar-refractivity contribution in [3.63, 3.8) is 0 Å². The van der Waals surface area contributed by atoms with Gasteiger partial charge in [-0.05, 0) is 35.7 Å². The fourth-order valence-corrected chi connectivity index (χ4v) is 3.25. The van der Waals surface area contributed by atoms with Crippen LogP contribution in [0.5, 0.6) is 17.2 Å². The maximum absolute atomic E-state index is 10.9. The summed E-state index contributed by atoms with van der Waals surface area (Å²) in [5, 5.41) is 22.0. The van der Waals surface area contributed by atoms with Crippen LogP contribution in [0.1, 0.15) is 23.1 Å². The van der Waals surface area contributed by atoms with Crippen LogP contribution in [0.3, 0.4) is 0 Å². The first-order valence-corrected chi connectivity index (χ1v) is 11.2. The molecule has 0 bridgehead atoms. The van der Waals surface area contributed by atoms with Crippen molar-refractivity contribution in [3.8, 4) is 17.2 Å². The van der Waals surface area contributed by atoms with E-state index in [0.717, 1.165) is 11.1 Å². The summed E-state index contributed by atoms with van der Waals surface area (Å²) in [5.41, 5.74) is 3.11. The minimum atomic E-state index is -1.12. The number of carboxylic acids is 2. The highest BCUT2D eigenvalue weighted by atomic mass is 16.6. The molecule has 0 aliphatic carbocycles. The van der Waals surface area contributed by atoms with Gasteiger partial charge >= 0.3 is 11.9 Å². The lowest BCUT2D eigenvalue weighted by atomic mass is 10.1. The third-order valence-corrected chi connectivity index (χ3v) is 5.02. The molecule has 0 saturated carbocycles. The van der Waals surface area contributed by atoms with Crippen LogP contribution in [0.4, 0.5) is 0 Å². The first-order chi connectivity index (χ1) is 17.4. The number of aliphatic hydroxyl groups excluding tert-OH is 1. The Balaban J connectivity index is 1.59. The maximum Gasteiger partial charge on any atom is 0.480 e. The Labute approximate surface area is 208 Å². The van der Waals surface area contributed by atoms with E-state index >= 15 is 0 Å². The van der Waals surface area contributed by atoms with E-state index in [1.807, 2.05) is 54.6 Å². The molecule has 3 rings (SSSR count). The van der Waals surface area contributed by atoms with Crippen LogP contribution < -0.4 is 14.2 Å². The quantitative estimate of drug-likeness (QED) is 0.196. The van der Waals surface area contributed by atoms with Gasteiger partial charge in [0.2, 0.25) is 0 Å². The van der Waals surface area contributed by atoms with Gasteiger partial charge in [0.25, 0.3) is 0 Å². The van der Waals surface area contributed by atoms with Gasteiger partial charge in [0.05, 0.1) is 0 Å². The van der Waals surface area contributed by atoms with E-state index in [1.165, 1.54) is 7.11 Å². The van der Waals surface area contributed by atoms with Crippen molar-refractivity contribution in [3.05, 3.63) is 89.5 Å². The average Bonchev–Trinajstić information content (AvgIpc) is 2.89. The number of aryl methyl sites for hydroxylation is 1. The summed E-state index contributed by atoms with van der Waals surface area (Å²) in [4.78, 5) is 24.9. The minimum Gasteiger partial charge on any atom is -0.489 e. The molecule has 188 valence electrons. The van der Waals surface area contributed by atoms with Crippen molar-refractivity contribution in [1.82, 2.24) is 0 Å². The van der Waals surface area contributed by atoms with Crippen molar-refractivity contribution in [2.45, 2.75) is 19.4 Å². The second kappa shape index (κ2) is 13.4. The highest BCUT2D eigenvalue weighted by Crippen LogP contribution is 2.27. The Morgan fingerprint density at radius 3 is 2.28 bits per heavy atom. The van der Waals surface area contributed by atoms with E-state index < -0.39 is 18.5 Å². The number of aliphatic carboxylic acids is 2. The number of oxime groups is 1. The van der Waals surface area contributed by atoms with E-state index in [0.29, 0.717) is 28.5 Å². The Morgan fingerprint density at radius 1 is 0.889 bits per heavy atom. The van der Waals surface area contributed by atoms with Crippen LogP contribution in [0.15, 0.2) is 78.0 Å². The summed E-state index contributed by atoms with van der Waals surface area (Å²) < 4.78 is 17.0. The molecule has 0 unspecified atom stereocenters. The number of ether oxygens (including phenoxy) is 3. The van der Waals surface area contributed by atoms with Gasteiger partial charge in [0, 0.05) is 11.6 Å². The molecule has 3 aromatic carbocycles.